The van der Waals surface area contributed by atoms with Crippen molar-refractivity contribution in [2.75, 3.05) is 19.0 Å². The Bertz CT molecular complexity index is 539. The minimum absolute atomic E-state index is 0.446. The summed E-state index contributed by atoms with van der Waals surface area (Å²) < 4.78 is 0. The standard InChI is InChI=1S/C19H26N2/c1-5-19(20-3)17-10-12-18(13-11-17)21(4)14-16-8-6-15(2)7-9-16/h6-13,19-20H,5,14H2,1-4H3. The lowest BCUT2D eigenvalue weighted by Crippen LogP contribution is -2.17. The summed E-state index contributed by atoms with van der Waals surface area (Å²) in [7, 11) is 4.16. The van der Waals surface area contributed by atoms with Crippen molar-refractivity contribution in [2.24, 2.45) is 0 Å². The lowest BCUT2D eigenvalue weighted by atomic mass is 10.0. The Balaban J connectivity index is 2.05. The lowest BCUT2D eigenvalue weighted by molar-refractivity contribution is 0.577. The van der Waals surface area contributed by atoms with E-state index in [4.69, 9.17) is 0 Å². The highest BCUT2D eigenvalue weighted by Gasteiger charge is 2.07. The maximum Gasteiger partial charge on any atom is 0.0426 e. The van der Waals surface area contributed by atoms with E-state index in [1.54, 1.807) is 0 Å². The van der Waals surface area contributed by atoms with Gasteiger partial charge in [0.1, 0.15) is 0 Å². The zero-order valence-electron chi connectivity index (χ0n) is 13.6. The molecule has 0 aliphatic carbocycles. The molecule has 0 aliphatic rings. The third-order valence-corrected chi connectivity index (χ3v) is 4.03. The van der Waals surface area contributed by atoms with Crippen molar-refractivity contribution in [3.05, 3.63) is 65.2 Å². The highest BCUT2D eigenvalue weighted by Crippen LogP contribution is 2.21. The topological polar surface area (TPSA) is 15.3 Å². The summed E-state index contributed by atoms with van der Waals surface area (Å²) in [6, 6.07) is 18.1. The summed E-state index contributed by atoms with van der Waals surface area (Å²) in [6.45, 7) is 5.26. The molecular formula is C19H26N2. The van der Waals surface area contributed by atoms with Crippen LogP contribution in [0.2, 0.25) is 0 Å². The van der Waals surface area contributed by atoms with Gasteiger partial charge < -0.3 is 10.2 Å². The average molecular weight is 282 g/mol. The van der Waals surface area contributed by atoms with E-state index >= 15 is 0 Å². The third kappa shape index (κ3) is 4.08. The van der Waals surface area contributed by atoms with Crippen molar-refractivity contribution in [3.63, 3.8) is 0 Å². The highest BCUT2D eigenvalue weighted by atomic mass is 15.1. The molecule has 0 aromatic heterocycles. The van der Waals surface area contributed by atoms with Crippen molar-refractivity contribution in [1.82, 2.24) is 5.32 Å². The van der Waals surface area contributed by atoms with E-state index in [1.807, 2.05) is 7.05 Å². The number of nitrogens with one attached hydrogen (secondary N) is 1. The van der Waals surface area contributed by atoms with Crippen LogP contribution in [0.1, 0.15) is 36.1 Å². The number of rotatable bonds is 6. The van der Waals surface area contributed by atoms with E-state index in [2.05, 4.69) is 79.6 Å². The molecule has 0 aliphatic heterocycles. The number of nitrogens with zero attached hydrogens (tertiary/aromatic N) is 1. The summed E-state index contributed by atoms with van der Waals surface area (Å²) in [4.78, 5) is 2.29. The second kappa shape index (κ2) is 7.28. The first-order valence-electron chi connectivity index (χ1n) is 7.68. The molecular weight excluding hydrogens is 256 g/mol. The molecule has 21 heavy (non-hydrogen) atoms. The third-order valence-electron chi connectivity index (χ3n) is 4.03. The maximum absolute atomic E-state index is 3.35. The average Bonchev–Trinajstić information content (AvgIpc) is 2.51. The molecule has 1 unspecified atom stereocenters. The molecule has 2 aromatic rings. The Labute approximate surface area is 128 Å². The summed E-state index contributed by atoms with van der Waals surface area (Å²) in [5, 5.41) is 3.35. The molecule has 2 aromatic carbocycles. The molecule has 0 heterocycles. The molecule has 2 nitrogen and oxygen atoms in total. The van der Waals surface area contributed by atoms with E-state index in [0.717, 1.165) is 13.0 Å². The second-order valence-corrected chi connectivity index (χ2v) is 5.68. The second-order valence-electron chi connectivity index (χ2n) is 5.68. The molecule has 2 rings (SSSR count). The first-order valence-corrected chi connectivity index (χ1v) is 7.68. The van der Waals surface area contributed by atoms with Gasteiger partial charge in [-0.3, -0.25) is 0 Å². The Morgan fingerprint density at radius 3 is 2.14 bits per heavy atom. The minimum Gasteiger partial charge on any atom is -0.370 e. The smallest absolute Gasteiger partial charge is 0.0426 e. The Morgan fingerprint density at radius 1 is 1.00 bits per heavy atom. The van der Waals surface area contributed by atoms with E-state index in [-0.39, 0.29) is 0 Å². The van der Waals surface area contributed by atoms with Crippen LogP contribution in [0.15, 0.2) is 48.5 Å². The van der Waals surface area contributed by atoms with Crippen LogP contribution in [0, 0.1) is 6.92 Å². The predicted octanol–water partition coefficient (Wildman–Crippen LogP) is 4.30. The number of aryl methyl sites for hydroxylation is 1. The van der Waals surface area contributed by atoms with Crippen LogP contribution in [0.25, 0.3) is 0 Å². The highest BCUT2D eigenvalue weighted by molar-refractivity contribution is 5.48. The van der Waals surface area contributed by atoms with Gasteiger partial charge in [-0.2, -0.15) is 0 Å². The van der Waals surface area contributed by atoms with E-state index in [9.17, 15) is 0 Å². The Kier molecular flexibility index (Phi) is 5.40. The van der Waals surface area contributed by atoms with Crippen LogP contribution in [0.3, 0.4) is 0 Å². The molecule has 0 saturated heterocycles. The van der Waals surface area contributed by atoms with Gasteiger partial charge in [-0.05, 0) is 43.7 Å². The fourth-order valence-corrected chi connectivity index (χ4v) is 2.63. The SMILES string of the molecule is CCC(NC)c1ccc(N(C)Cc2ccc(C)cc2)cc1. The van der Waals surface area contributed by atoms with Gasteiger partial charge >= 0.3 is 0 Å². The molecule has 1 N–H and O–H groups in total. The number of hydrogen-bond donors (Lipinski definition) is 1. The van der Waals surface area contributed by atoms with Gasteiger partial charge in [-0.1, -0.05) is 48.9 Å². The normalized spacial score (nSPS) is 12.2. The van der Waals surface area contributed by atoms with Crippen molar-refractivity contribution in [2.45, 2.75) is 32.9 Å². The van der Waals surface area contributed by atoms with Crippen LogP contribution in [0.5, 0.6) is 0 Å². The van der Waals surface area contributed by atoms with Crippen LogP contribution in [-0.4, -0.2) is 14.1 Å². The van der Waals surface area contributed by atoms with Crippen LogP contribution in [-0.2, 0) is 6.54 Å². The molecule has 0 fully saturated rings. The minimum atomic E-state index is 0.446. The van der Waals surface area contributed by atoms with E-state index in [0.29, 0.717) is 6.04 Å². The Hall–Kier alpha value is -1.80. The fraction of sp³-hybridized carbons (Fsp3) is 0.368. The largest absolute Gasteiger partial charge is 0.370 e. The van der Waals surface area contributed by atoms with Crippen LogP contribution in [0.4, 0.5) is 5.69 Å². The van der Waals surface area contributed by atoms with Crippen molar-refractivity contribution >= 4 is 5.69 Å². The van der Waals surface area contributed by atoms with E-state index in [1.165, 1.54) is 22.4 Å². The first-order chi connectivity index (χ1) is 10.1. The van der Waals surface area contributed by atoms with Crippen molar-refractivity contribution in [1.29, 1.82) is 0 Å². The quantitative estimate of drug-likeness (QED) is 0.849. The van der Waals surface area contributed by atoms with Crippen LogP contribution < -0.4 is 10.2 Å². The van der Waals surface area contributed by atoms with E-state index < -0.39 is 0 Å². The van der Waals surface area contributed by atoms with Gasteiger partial charge in [0.15, 0.2) is 0 Å². The molecule has 0 spiro atoms. The van der Waals surface area contributed by atoms with Gasteiger partial charge in [-0.15, -0.1) is 0 Å². The molecule has 1 atom stereocenters. The summed E-state index contributed by atoms with van der Waals surface area (Å²) in [5.41, 5.74) is 5.26. The predicted molar refractivity (Wildman–Crippen MR) is 91.8 cm³/mol. The molecule has 2 heteroatoms. The number of anilines is 1. The number of hydrogen-bond acceptors (Lipinski definition) is 2. The zero-order valence-corrected chi connectivity index (χ0v) is 13.6. The molecule has 0 amide bonds. The van der Waals surface area contributed by atoms with Crippen LogP contribution >= 0.6 is 0 Å². The van der Waals surface area contributed by atoms with Gasteiger partial charge in [0.25, 0.3) is 0 Å². The molecule has 0 bridgehead atoms. The van der Waals surface area contributed by atoms with Gasteiger partial charge in [0.2, 0.25) is 0 Å². The zero-order chi connectivity index (χ0) is 15.2. The maximum atomic E-state index is 3.35. The molecule has 0 saturated carbocycles. The monoisotopic (exact) mass is 282 g/mol. The van der Waals surface area contributed by atoms with Gasteiger partial charge in [-0.25, -0.2) is 0 Å². The summed E-state index contributed by atoms with van der Waals surface area (Å²) in [5.74, 6) is 0. The Morgan fingerprint density at radius 2 is 1.62 bits per heavy atom. The fourth-order valence-electron chi connectivity index (χ4n) is 2.63. The van der Waals surface area contributed by atoms with Gasteiger partial charge in [0, 0.05) is 25.3 Å². The molecule has 0 radical (unpaired) electrons. The van der Waals surface area contributed by atoms with Gasteiger partial charge in [0.05, 0.1) is 0 Å². The van der Waals surface area contributed by atoms with Crippen molar-refractivity contribution < 1.29 is 0 Å². The number of benzene rings is 2. The lowest BCUT2D eigenvalue weighted by Gasteiger charge is -2.21. The summed E-state index contributed by atoms with van der Waals surface area (Å²) in [6.07, 6.45) is 1.11. The van der Waals surface area contributed by atoms with Crippen molar-refractivity contribution in [3.8, 4) is 0 Å². The first kappa shape index (κ1) is 15.6. The molecule has 112 valence electrons. The summed E-state index contributed by atoms with van der Waals surface area (Å²) >= 11 is 0.